The molecule has 4 nitrogen and oxygen atoms in total. The average molecular weight is 384 g/mol. The number of rotatable bonds is 6. The Morgan fingerprint density at radius 3 is 2.29 bits per heavy atom. The van der Waals surface area contributed by atoms with Crippen molar-refractivity contribution >= 4 is 0 Å². The van der Waals surface area contributed by atoms with Gasteiger partial charge in [-0.15, -0.1) is 0 Å². The molecule has 1 saturated heterocycles. The molecule has 28 heavy (non-hydrogen) atoms. The van der Waals surface area contributed by atoms with Crippen LogP contribution in [0.1, 0.15) is 63.0 Å². The Balaban J connectivity index is 1.24. The molecule has 1 aromatic carbocycles. The van der Waals surface area contributed by atoms with E-state index in [9.17, 15) is 4.39 Å². The molecular weight excluding hydrogens is 353 g/mol. The lowest BCUT2D eigenvalue weighted by Gasteiger charge is -2.41. The van der Waals surface area contributed by atoms with E-state index in [0.717, 1.165) is 29.8 Å². The molecule has 0 bridgehead atoms. The van der Waals surface area contributed by atoms with Crippen LogP contribution in [0, 0.1) is 11.7 Å². The third-order valence-electron chi connectivity index (χ3n) is 7.01. The molecule has 5 heteroatoms. The topological polar surface area (TPSA) is 30.3 Å². The van der Waals surface area contributed by atoms with Crippen LogP contribution in [-0.2, 0) is 0 Å². The fourth-order valence-electron chi connectivity index (χ4n) is 4.62. The Hall–Kier alpha value is -1.88. The second kappa shape index (κ2) is 7.86. The molecular formula is C23H30FN3O. The lowest BCUT2D eigenvalue weighted by molar-refractivity contribution is 0.0705. The van der Waals surface area contributed by atoms with Crippen molar-refractivity contribution in [1.82, 2.24) is 14.7 Å². The first-order chi connectivity index (χ1) is 13.8. The maximum atomic E-state index is 13.3. The van der Waals surface area contributed by atoms with Crippen LogP contribution in [0.3, 0.4) is 0 Å². The van der Waals surface area contributed by atoms with Crippen molar-refractivity contribution < 1.29 is 9.13 Å². The molecule has 2 heterocycles. The maximum Gasteiger partial charge on any atom is 0.161 e. The minimum Gasteiger partial charge on any atom is -0.490 e. The fourth-order valence-corrected chi connectivity index (χ4v) is 4.62. The number of piperidine rings is 1. The van der Waals surface area contributed by atoms with Crippen molar-refractivity contribution in [2.45, 2.75) is 63.3 Å². The quantitative estimate of drug-likeness (QED) is 0.709. The number of aromatic nitrogens is 2. The van der Waals surface area contributed by atoms with Gasteiger partial charge in [0.1, 0.15) is 11.5 Å². The molecule has 2 saturated carbocycles. The van der Waals surface area contributed by atoms with E-state index in [4.69, 9.17) is 9.84 Å². The van der Waals surface area contributed by atoms with Gasteiger partial charge in [0.2, 0.25) is 0 Å². The number of likely N-dealkylation sites (tertiary alicyclic amines) is 1. The zero-order valence-corrected chi connectivity index (χ0v) is 16.5. The molecule has 150 valence electrons. The summed E-state index contributed by atoms with van der Waals surface area (Å²) in [6.07, 6.45) is 12.3. The number of benzene rings is 1. The highest BCUT2D eigenvalue weighted by Crippen LogP contribution is 2.40. The highest BCUT2D eigenvalue weighted by Gasteiger charge is 2.30. The first-order valence-electron chi connectivity index (χ1n) is 11.0. The van der Waals surface area contributed by atoms with Crippen LogP contribution in [0.2, 0.25) is 0 Å². The average Bonchev–Trinajstić information content (AvgIpc) is 3.02. The van der Waals surface area contributed by atoms with Crippen LogP contribution in [-0.4, -0.2) is 40.4 Å². The summed E-state index contributed by atoms with van der Waals surface area (Å²) in [6, 6.07) is 7.37. The summed E-state index contributed by atoms with van der Waals surface area (Å²) in [5.74, 6) is 1.85. The Labute approximate surface area is 166 Å². The highest BCUT2D eigenvalue weighted by molar-refractivity contribution is 5.37. The molecule has 1 aliphatic heterocycles. The Morgan fingerprint density at radius 1 is 0.964 bits per heavy atom. The molecule has 2 aromatic rings. The second-order valence-corrected chi connectivity index (χ2v) is 8.80. The van der Waals surface area contributed by atoms with E-state index >= 15 is 0 Å². The molecule has 0 radical (unpaired) electrons. The minimum absolute atomic E-state index is 0.222. The molecule has 3 aliphatic rings. The molecule has 0 amide bonds. The van der Waals surface area contributed by atoms with Crippen molar-refractivity contribution in [3.05, 3.63) is 42.0 Å². The Kier molecular flexibility index (Phi) is 5.10. The zero-order valence-electron chi connectivity index (χ0n) is 16.5. The van der Waals surface area contributed by atoms with Crippen LogP contribution in [0.25, 0.3) is 5.69 Å². The predicted molar refractivity (Wildman–Crippen MR) is 108 cm³/mol. The summed E-state index contributed by atoms with van der Waals surface area (Å²) < 4.78 is 21.4. The Bertz CT molecular complexity index is 787. The van der Waals surface area contributed by atoms with Gasteiger partial charge in [0.25, 0.3) is 0 Å². The molecule has 0 unspecified atom stereocenters. The second-order valence-electron chi connectivity index (χ2n) is 8.80. The number of ether oxygens (including phenoxy) is 1. The summed E-state index contributed by atoms with van der Waals surface area (Å²) >= 11 is 0. The molecule has 0 N–H and O–H groups in total. The normalized spacial score (nSPS) is 22.0. The van der Waals surface area contributed by atoms with Crippen LogP contribution < -0.4 is 4.74 Å². The van der Waals surface area contributed by atoms with Crippen molar-refractivity contribution in [3.63, 3.8) is 0 Å². The molecule has 5 rings (SSSR count). The maximum absolute atomic E-state index is 13.3. The molecule has 0 atom stereocenters. The molecule has 0 spiro atoms. The molecule has 1 aromatic heterocycles. The lowest BCUT2D eigenvalue weighted by Crippen LogP contribution is -2.45. The first kappa shape index (κ1) is 18.2. The predicted octanol–water partition coefficient (Wildman–Crippen LogP) is 4.92. The van der Waals surface area contributed by atoms with Gasteiger partial charge < -0.3 is 9.64 Å². The van der Waals surface area contributed by atoms with E-state index in [-0.39, 0.29) is 5.82 Å². The number of nitrogens with zero attached hydrogens (tertiary/aromatic N) is 3. The van der Waals surface area contributed by atoms with Gasteiger partial charge in [-0.2, -0.15) is 5.10 Å². The standard InChI is InChI=1S/C23H30FN3O/c24-19-7-9-21(10-8-19)27-15-22(23(25-27)18-3-1-4-18)28-16-17-11-13-26(14-12-17)20-5-2-6-20/h7-10,15,17-18,20H,1-6,11-14,16H2. The largest absolute Gasteiger partial charge is 0.490 e. The van der Waals surface area contributed by atoms with Gasteiger partial charge in [0.15, 0.2) is 5.75 Å². The van der Waals surface area contributed by atoms with E-state index < -0.39 is 0 Å². The first-order valence-corrected chi connectivity index (χ1v) is 11.0. The van der Waals surface area contributed by atoms with Gasteiger partial charge in [-0.25, -0.2) is 9.07 Å². The SMILES string of the molecule is Fc1ccc(-n2cc(OCC3CCN(C4CCC4)CC3)c(C3CCC3)n2)cc1. The van der Waals surface area contributed by atoms with Crippen molar-refractivity contribution in [3.8, 4) is 11.4 Å². The van der Waals surface area contributed by atoms with Crippen LogP contribution in [0.15, 0.2) is 30.5 Å². The fraction of sp³-hybridized carbons (Fsp3) is 0.609. The summed E-state index contributed by atoms with van der Waals surface area (Å²) in [5.41, 5.74) is 1.97. The zero-order chi connectivity index (χ0) is 18.9. The van der Waals surface area contributed by atoms with Crippen LogP contribution >= 0.6 is 0 Å². The van der Waals surface area contributed by atoms with Crippen molar-refractivity contribution in [2.75, 3.05) is 19.7 Å². The van der Waals surface area contributed by atoms with Crippen molar-refractivity contribution in [2.24, 2.45) is 5.92 Å². The van der Waals surface area contributed by atoms with Crippen molar-refractivity contribution in [1.29, 1.82) is 0 Å². The molecule has 2 aliphatic carbocycles. The number of halogens is 1. The smallest absolute Gasteiger partial charge is 0.161 e. The number of hydrogen-bond donors (Lipinski definition) is 0. The van der Waals surface area contributed by atoms with Crippen LogP contribution in [0.5, 0.6) is 5.75 Å². The summed E-state index contributed by atoms with van der Waals surface area (Å²) in [4.78, 5) is 2.69. The minimum atomic E-state index is -0.222. The summed E-state index contributed by atoms with van der Waals surface area (Å²) in [7, 11) is 0. The van der Waals surface area contributed by atoms with E-state index in [1.807, 2.05) is 10.9 Å². The monoisotopic (exact) mass is 383 g/mol. The number of hydrogen-bond acceptors (Lipinski definition) is 3. The van der Waals surface area contributed by atoms with Gasteiger partial charge >= 0.3 is 0 Å². The third kappa shape index (κ3) is 3.69. The highest BCUT2D eigenvalue weighted by atomic mass is 19.1. The van der Waals surface area contributed by atoms with E-state index in [0.29, 0.717) is 11.8 Å². The summed E-state index contributed by atoms with van der Waals surface area (Å²) in [6.45, 7) is 3.24. The summed E-state index contributed by atoms with van der Waals surface area (Å²) in [5, 5.41) is 4.81. The van der Waals surface area contributed by atoms with Crippen LogP contribution in [0.4, 0.5) is 4.39 Å². The van der Waals surface area contributed by atoms with Gasteiger partial charge in [0.05, 0.1) is 18.5 Å². The van der Waals surface area contributed by atoms with Gasteiger partial charge in [0, 0.05) is 12.0 Å². The van der Waals surface area contributed by atoms with Gasteiger partial charge in [-0.1, -0.05) is 12.8 Å². The van der Waals surface area contributed by atoms with E-state index in [1.54, 1.807) is 12.1 Å². The lowest BCUT2D eigenvalue weighted by atomic mass is 9.83. The van der Waals surface area contributed by atoms with E-state index in [2.05, 4.69) is 4.90 Å². The third-order valence-corrected chi connectivity index (χ3v) is 7.01. The Morgan fingerprint density at radius 2 is 1.68 bits per heavy atom. The van der Waals surface area contributed by atoms with E-state index in [1.165, 1.54) is 76.6 Å². The van der Waals surface area contributed by atoms with Gasteiger partial charge in [-0.05, 0) is 81.8 Å². The molecule has 3 fully saturated rings. The van der Waals surface area contributed by atoms with Gasteiger partial charge in [-0.3, -0.25) is 0 Å².